The van der Waals surface area contributed by atoms with Crippen LogP contribution in [0, 0.1) is 11.3 Å². The second-order valence-electron chi connectivity index (χ2n) is 6.09. The Morgan fingerprint density at radius 2 is 1.75 bits per heavy atom. The van der Waals surface area contributed by atoms with Crippen LogP contribution >= 0.6 is 0 Å². The fourth-order valence-electron chi connectivity index (χ4n) is 2.10. The van der Waals surface area contributed by atoms with E-state index in [1.807, 2.05) is 13.8 Å². The van der Waals surface area contributed by atoms with Crippen molar-refractivity contribution in [1.29, 1.82) is 0 Å². The van der Waals surface area contributed by atoms with Crippen LogP contribution < -0.4 is 5.32 Å². The predicted molar refractivity (Wildman–Crippen MR) is 65.5 cm³/mol. The van der Waals surface area contributed by atoms with Gasteiger partial charge in [0.15, 0.2) is 0 Å². The molecule has 0 amide bonds. The van der Waals surface area contributed by atoms with Crippen molar-refractivity contribution in [3.05, 3.63) is 0 Å². The van der Waals surface area contributed by atoms with Crippen molar-refractivity contribution in [3.63, 3.8) is 0 Å². The van der Waals surface area contributed by atoms with Gasteiger partial charge in [0.1, 0.15) is 0 Å². The molecule has 1 aliphatic rings. The lowest BCUT2D eigenvalue weighted by Crippen LogP contribution is -2.56. The van der Waals surface area contributed by atoms with Gasteiger partial charge in [-0.05, 0) is 53.0 Å². The second kappa shape index (κ2) is 4.74. The quantitative estimate of drug-likeness (QED) is 0.759. The number of rotatable bonds is 5. The van der Waals surface area contributed by atoms with Crippen LogP contribution in [0.25, 0.3) is 0 Å². The van der Waals surface area contributed by atoms with Crippen LogP contribution in [0.3, 0.4) is 0 Å². The van der Waals surface area contributed by atoms with Gasteiger partial charge in [0.05, 0.1) is 5.41 Å². The molecule has 0 saturated heterocycles. The maximum atomic E-state index is 11.2. The number of hydrogen-bond donors (Lipinski definition) is 2. The van der Waals surface area contributed by atoms with Gasteiger partial charge in [0, 0.05) is 5.54 Å². The largest absolute Gasteiger partial charge is 0.481 e. The predicted octanol–water partition coefficient (Wildman–Crippen LogP) is 2.66. The second-order valence-corrected chi connectivity index (χ2v) is 6.09. The lowest BCUT2D eigenvalue weighted by molar-refractivity contribution is -0.151. The summed E-state index contributed by atoms with van der Waals surface area (Å²) < 4.78 is 0. The number of nitrogens with one attached hydrogen (secondary N) is 1. The van der Waals surface area contributed by atoms with Crippen molar-refractivity contribution in [2.75, 3.05) is 6.54 Å². The summed E-state index contributed by atoms with van der Waals surface area (Å²) in [5.41, 5.74) is -1.12. The first-order chi connectivity index (χ1) is 7.27. The van der Waals surface area contributed by atoms with Crippen molar-refractivity contribution >= 4 is 5.97 Å². The third kappa shape index (κ3) is 2.76. The summed E-state index contributed by atoms with van der Waals surface area (Å²) in [5.74, 6) is 0.000270. The third-order valence-corrected chi connectivity index (χ3v) is 4.40. The van der Waals surface area contributed by atoms with E-state index >= 15 is 0 Å². The SMILES string of the molecule is CC(C)(NCC1CCCC1)C(C)(C)C(=O)O. The molecule has 1 saturated carbocycles. The average Bonchev–Trinajstić information content (AvgIpc) is 2.66. The van der Waals surface area contributed by atoms with Crippen LogP contribution in [-0.4, -0.2) is 23.2 Å². The van der Waals surface area contributed by atoms with Crippen molar-refractivity contribution in [2.24, 2.45) is 11.3 Å². The van der Waals surface area contributed by atoms with Gasteiger partial charge in [-0.3, -0.25) is 4.79 Å². The number of carbonyl (C=O) groups is 1. The van der Waals surface area contributed by atoms with Crippen molar-refractivity contribution in [3.8, 4) is 0 Å². The summed E-state index contributed by atoms with van der Waals surface area (Å²) in [7, 11) is 0. The summed E-state index contributed by atoms with van der Waals surface area (Å²) in [6.45, 7) is 8.49. The van der Waals surface area contributed by atoms with Crippen LogP contribution in [0.2, 0.25) is 0 Å². The summed E-state index contributed by atoms with van der Waals surface area (Å²) >= 11 is 0. The Labute approximate surface area is 98.6 Å². The van der Waals surface area contributed by atoms with Crippen LogP contribution in [0.4, 0.5) is 0 Å². The Morgan fingerprint density at radius 3 is 2.19 bits per heavy atom. The summed E-state index contributed by atoms with van der Waals surface area (Å²) in [6, 6.07) is 0. The molecule has 0 radical (unpaired) electrons. The van der Waals surface area contributed by atoms with Crippen LogP contribution in [0.1, 0.15) is 53.4 Å². The van der Waals surface area contributed by atoms with Crippen molar-refractivity contribution in [1.82, 2.24) is 5.32 Å². The molecule has 0 unspecified atom stereocenters. The first kappa shape index (κ1) is 13.5. The molecule has 3 nitrogen and oxygen atoms in total. The Bertz CT molecular complexity index is 253. The first-order valence-corrected chi connectivity index (χ1v) is 6.26. The smallest absolute Gasteiger partial charge is 0.310 e. The van der Waals surface area contributed by atoms with Crippen LogP contribution in [-0.2, 0) is 4.79 Å². The average molecular weight is 227 g/mol. The highest BCUT2D eigenvalue weighted by Gasteiger charge is 2.43. The molecule has 3 heteroatoms. The van der Waals surface area contributed by atoms with E-state index in [1.54, 1.807) is 13.8 Å². The molecule has 0 aromatic heterocycles. The van der Waals surface area contributed by atoms with Gasteiger partial charge in [0.25, 0.3) is 0 Å². The fourth-order valence-corrected chi connectivity index (χ4v) is 2.10. The van der Waals surface area contributed by atoms with Gasteiger partial charge in [-0.1, -0.05) is 12.8 Å². The van der Waals surface area contributed by atoms with Gasteiger partial charge in [-0.2, -0.15) is 0 Å². The summed E-state index contributed by atoms with van der Waals surface area (Å²) in [4.78, 5) is 11.2. The summed E-state index contributed by atoms with van der Waals surface area (Å²) in [5, 5.41) is 12.7. The first-order valence-electron chi connectivity index (χ1n) is 6.26. The van der Waals surface area contributed by atoms with E-state index in [4.69, 9.17) is 0 Å². The molecule has 1 rings (SSSR count). The van der Waals surface area contributed by atoms with E-state index in [-0.39, 0.29) is 5.54 Å². The minimum Gasteiger partial charge on any atom is -0.481 e. The fraction of sp³-hybridized carbons (Fsp3) is 0.923. The van der Waals surface area contributed by atoms with Gasteiger partial charge in [-0.25, -0.2) is 0 Å². The van der Waals surface area contributed by atoms with Gasteiger partial charge >= 0.3 is 5.97 Å². The Balaban J connectivity index is 2.52. The molecular weight excluding hydrogens is 202 g/mol. The normalized spacial score (nSPS) is 19.0. The molecule has 2 N–H and O–H groups in total. The molecule has 1 aliphatic carbocycles. The highest BCUT2D eigenvalue weighted by Crippen LogP contribution is 2.32. The van der Waals surface area contributed by atoms with E-state index < -0.39 is 11.4 Å². The Morgan fingerprint density at radius 1 is 1.25 bits per heavy atom. The number of carboxylic acid groups (broad SMARTS) is 1. The molecule has 0 atom stereocenters. The monoisotopic (exact) mass is 227 g/mol. The molecule has 0 aliphatic heterocycles. The number of carboxylic acids is 1. The lowest BCUT2D eigenvalue weighted by atomic mass is 9.74. The standard InChI is InChI=1S/C13H25NO2/c1-12(2,11(15)16)13(3,4)14-9-10-7-5-6-8-10/h10,14H,5-9H2,1-4H3,(H,15,16). The molecular formula is C13H25NO2. The molecule has 94 valence electrons. The van der Waals surface area contributed by atoms with Gasteiger partial charge in [-0.15, -0.1) is 0 Å². The maximum absolute atomic E-state index is 11.2. The zero-order valence-electron chi connectivity index (χ0n) is 11.0. The topological polar surface area (TPSA) is 49.3 Å². The molecule has 0 aromatic carbocycles. The minimum atomic E-state index is -0.744. The van der Waals surface area contributed by atoms with E-state index in [9.17, 15) is 9.90 Å². The maximum Gasteiger partial charge on any atom is 0.310 e. The molecule has 1 fully saturated rings. The molecule has 0 bridgehead atoms. The van der Waals surface area contributed by atoms with E-state index in [1.165, 1.54) is 25.7 Å². The molecule has 16 heavy (non-hydrogen) atoms. The van der Waals surface area contributed by atoms with Crippen molar-refractivity contribution in [2.45, 2.75) is 58.9 Å². The van der Waals surface area contributed by atoms with E-state index in [0.29, 0.717) is 0 Å². The summed E-state index contributed by atoms with van der Waals surface area (Å²) in [6.07, 6.45) is 5.23. The van der Waals surface area contributed by atoms with Gasteiger partial charge < -0.3 is 10.4 Å². The lowest BCUT2D eigenvalue weighted by Gasteiger charge is -2.39. The molecule has 0 aromatic rings. The van der Waals surface area contributed by atoms with E-state index in [2.05, 4.69) is 5.32 Å². The minimum absolute atomic E-state index is 0.374. The third-order valence-electron chi connectivity index (χ3n) is 4.40. The highest BCUT2D eigenvalue weighted by atomic mass is 16.4. The number of hydrogen-bond acceptors (Lipinski definition) is 2. The highest BCUT2D eigenvalue weighted by molar-refractivity contribution is 5.75. The van der Waals surface area contributed by atoms with Gasteiger partial charge in [0.2, 0.25) is 0 Å². The van der Waals surface area contributed by atoms with Crippen LogP contribution in [0.5, 0.6) is 0 Å². The zero-order chi connectivity index (χ0) is 12.4. The molecule has 0 heterocycles. The zero-order valence-corrected chi connectivity index (χ0v) is 11.0. The molecule has 0 spiro atoms. The Kier molecular flexibility index (Phi) is 4.00. The number of aliphatic carboxylic acids is 1. The van der Waals surface area contributed by atoms with Crippen molar-refractivity contribution < 1.29 is 9.90 Å². The Hall–Kier alpha value is -0.570. The van der Waals surface area contributed by atoms with Crippen LogP contribution in [0.15, 0.2) is 0 Å². The van der Waals surface area contributed by atoms with E-state index in [0.717, 1.165) is 12.5 Å².